The molecule has 5 nitrogen and oxygen atoms in total. The van der Waals surface area contributed by atoms with Crippen LogP contribution in [0.2, 0.25) is 0 Å². The van der Waals surface area contributed by atoms with E-state index in [1.807, 2.05) is 34.9 Å². The van der Waals surface area contributed by atoms with Gasteiger partial charge in [0.25, 0.3) is 0 Å². The third kappa shape index (κ3) is 5.03. The molecule has 1 aromatic heterocycles. The lowest BCUT2D eigenvalue weighted by atomic mass is 10.2. The number of halogens is 2. The largest absolute Gasteiger partial charge is 0.341 e. The summed E-state index contributed by atoms with van der Waals surface area (Å²) in [6.07, 6.45) is 0. The fourth-order valence-corrected chi connectivity index (χ4v) is 4.09. The van der Waals surface area contributed by atoms with Crippen LogP contribution in [0.3, 0.4) is 0 Å². The van der Waals surface area contributed by atoms with Gasteiger partial charge in [-0.2, -0.15) is 0 Å². The maximum absolute atomic E-state index is 13.4. The molecule has 0 aliphatic heterocycles. The molecular formula is C24H20F2N4OS. The summed E-state index contributed by atoms with van der Waals surface area (Å²) in [6.45, 7) is 0.309. The van der Waals surface area contributed by atoms with Crippen molar-refractivity contribution in [2.24, 2.45) is 0 Å². The van der Waals surface area contributed by atoms with Gasteiger partial charge in [-0.15, -0.1) is 10.2 Å². The Bertz CT molecular complexity index is 1210. The third-order valence-corrected chi connectivity index (χ3v) is 5.72. The van der Waals surface area contributed by atoms with Gasteiger partial charge in [-0.3, -0.25) is 9.36 Å². The van der Waals surface area contributed by atoms with Crippen molar-refractivity contribution in [2.75, 3.05) is 12.8 Å². The number of carbonyl (C=O) groups is 1. The molecule has 4 aromatic rings. The third-order valence-electron chi connectivity index (χ3n) is 4.81. The zero-order valence-electron chi connectivity index (χ0n) is 17.3. The van der Waals surface area contributed by atoms with Crippen LogP contribution in [0.5, 0.6) is 0 Å². The monoisotopic (exact) mass is 450 g/mol. The number of hydrogen-bond donors (Lipinski definition) is 0. The first kappa shape index (κ1) is 21.7. The predicted molar refractivity (Wildman–Crippen MR) is 120 cm³/mol. The van der Waals surface area contributed by atoms with Crippen molar-refractivity contribution in [1.82, 2.24) is 19.7 Å². The van der Waals surface area contributed by atoms with Crippen LogP contribution >= 0.6 is 11.8 Å². The van der Waals surface area contributed by atoms with E-state index in [2.05, 4.69) is 10.2 Å². The van der Waals surface area contributed by atoms with Gasteiger partial charge in [0.05, 0.1) is 5.75 Å². The fourth-order valence-electron chi connectivity index (χ4n) is 3.19. The van der Waals surface area contributed by atoms with Crippen LogP contribution in [0.4, 0.5) is 8.78 Å². The van der Waals surface area contributed by atoms with Crippen LogP contribution in [-0.2, 0) is 11.3 Å². The molecule has 0 saturated heterocycles. The topological polar surface area (TPSA) is 51.0 Å². The summed E-state index contributed by atoms with van der Waals surface area (Å²) in [7, 11) is 1.68. The zero-order chi connectivity index (χ0) is 22.5. The number of benzene rings is 3. The number of hydrogen-bond acceptors (Lipinski definition) is 4. The van der Waals surface area contributed by atoms with Crippen molar-refractivity contribution in [2.45, 2.75) is 11.7 Å². The van der Waals surface area contributed by atoms with Crippen molar-refractivity contribution < 1.29 is 13.6 Å². The Kier molecular flexibility index (Phi) is 6.61. The first-order chi connectivity index (χ1) is 15.5. The summed E-state index contributed by atoms with van der Waals surface area (Å²) in [5.74, 6) is -0.0900. The van der Waals surface area contributed by atoms with Gasteiger partial charge >= 0.3 is 0 Å². The van der Waals surface area contributed by atoms with Gasteiger partial charge in [-0.05, 0) is 54.1 Å². The molecule has 0 saturated carbocycles. The van der Waals surface area contributed by atoms with Crippen LogP contribution < -0.4 is 0 Å². The van der Waals surface area contributed by atoms with E-state index in [9.17, 15) is 13.6 Å². The van der Waals surface area contributed by atoms with Gasteiger partial charge in [-0.1, -0.05) is 42.1 Å². The molecule has 0 radical (unpaired) electrons. The van der Waals surface area contributed by atoms with Gasteiger partial charge in [0, 0.05) is 24.8 Å². The van der Waals surface area contributed by atoms with E-state index in [0.29, 0.717) is 23.1 Å². The molecule has 4 rings (SSSR count). The molecule has 0 spiro atoms. The summed E-state index contributed by atoms with van der Waals surface area (Å²) in [5.41, 5.74) is 2.26. The normalized spacial score (nSPS) is 10.8. The van der Waals surface area contributed by atoms with Crippen molar-refractivity contribution in [3.8, 4) is 17.1 Å². The maximum atomic E-state index is 13.4. The molecule has 0 bridgehead atoms. The van der Waals surface area contributed by atoms with E-state index in [4.69, 9.17) is 0 Å². The first-order valence-electron chi connectivity index (χ1n) is 9.89. The van der Waals surface area contributed by atoms with E-state index in [1.54, 1.807) is 36.2 Å². The standard InChI is InChI=1S/C24H20F2N4OS/c1-29(15-17-6-5-7-20(26)14-17)22(31)16-32-24-28-27-23(18-10-12-19(25)13-11-18)30(24)21-8-3-2-4-9-21/h2-14H,15-16H2,1H3. The molecule has 0 atom stereocenters. The maximum Gasteiger partial charge on any atom is 0.233 e. The van der Waals surface area contributed by atoms with E-state index in [1.165, 1.54) is 36.0 Å². The van der Waals surface area contributed by atoms with E-state index in [0.717, 1.165) is 11.3 Å². The highest BCUT2D eigenvalue weighted by molar-refractivity contribution is 7.99. The molecule has 0 aliphatic rings. The van der Waals surface area contributed by atoms with E-state index in [-0.39, 0.29) is 23.3 Å². The van der Waals surface area contributed by atoms with Crippen LogP contribution in [0.1, 0.15) is 5.56 Å². The Labute approximate surface area is 188 Å². The summed E-state index contributed by atoms with van der Waals surface area (Å²) >= 11 is 1.26. The predicted octanol–water partition coefficient (Wildman–Crippen LogP) is 4.96. The highest BCUT2D eigenvalue weighted by Gasteiger charge is 2.18. The second-order valence-electron chi connectivity index (χ2n) is 7.15. The fraction of sp³-hybridized carbons (Fsp3) is 0.125. The highest BCUT2D eigenvalue weighted by atomic mass is 32.2. The highest BCUT2D eigenvalue weighted by Crippen LogP contribution is 2.28. The van der Waals surface area contributed by atoms with Gasteiger partial charge < -0.3 is 4.90 Å². The summed E-state index contributed by atoms with van der Waals surface area (Å²) < 4.78 is 28.6. The van der Waals surface area contributed by atoms with E-state index < -0.39 is 0 Å². The molecule has 32 heavy (non-hydrogen) atoms. The number of para-hydroxylation sites is 1. The smallest absolute Gasteiger partial charge is 0.233 e. The van der Waals surface area contributed by atoms with E-state index >= 15 is 0 Å². The Morgan fingerprint density at radius 2 is 1.69 bits per heavy atom. The molecular weight excluding hydrogens is 430 g/mol. The van der Waals surface area contributed by atoms with Crippen LogP contribution in [0.25, 0.3) is 17.1 Å². The molecule has 1 amide bonds. The van der Waals surface area contributed by atoms with Crippen LogP contribution in [-0.4, -0.2) is 38.4 Å². The minimum atomic E-state index is -0.332. The minimum Gasteiger partial charge on any atom is -0.341 e. The number of aromatic nitrogens is 3. The lowest BCUT2D eigenvalue weighted by molar-refractivity contribution is -0.127. The Morgan fingerprint density at radius 3 is 2.41 bits per heavy atom. The minimum absolute atomic E-state index is 0.120. The quantitative estimate of drug-likeness (QED) is 0.374. The average molecular weight is 451 g/mol. The lowest BCUT2D eigenvalue weighted by Crippen LogP contribution is -2.28. The molecule has 162 valence electrons. The second-order valence-corrected chi connectivity index (χ2v) is 8.09. The van der Waals surface area contributed by atoms with Gasteiger partial charge in [0.15, 0.2) is 11.0 Å². The summed E-state index contributed by atoms with van der Waals surface area (Å²) in [6, 6.07) is 21.8. The Hall–Kier alpha value is -3.52. The number of thioether (sulfide) groups is 1. The molecule has 1 heterocycles. The second kappa shape index (κ2) is 9.74. The summed E-state index contributed by atoms with van der Waals surface area (Å²) in [5, 5.41) is 9.12. The first-order valence-corrected chi connectivity index (χ1v) is 10.9. The van der Waals surface area contributed by atoms with Gasteiger partial charge in [0.1, 0.15) is 11.6 Å². The van der Waals surface area contributed by atoms with Gasteiger partial charge in [-0.25, -0.2) is 8.78 Å². The van der Waals surface area contributed by atoms with Crippen molar-refractivity contribution in [1.29, 1.82) is 0 Å². The average Bonchev–Trinajstić information content (AvgIpc) is 3.22. The van der Waals surface area contributed by atoms with Crippen molar-refractivity contribution in [3.05, 3.63) is 96.1 Å². The summed E-state index contributed by atoms with van der Waals surface area (Å²) in [4.78, 5) is 14.2. The SMILES string of the molecule is CN(Cc1cccc(F)c1)C(=O)CSc1nnc(-c2ccc(F)cc2)n1-c1ccccc1. The molecule has 0 aliphatic carbocycles. The van der Waals surface area contributed by atoms with Crippen molar-refractivity contribution in [3.63, 3.8) is 0 Å². The number of amides is 1. The number of carbonyl (C=O) groups excluding carboxylic acids is 1. The number of rotatable bonds is 7. The van der Waals surface area contributed by atoms with Crippen molar-refractivity contribution >= 4 is 17.7 Å². The lowest BCUT2D eigenvalue weighted by Gasteiger charge is -2.17. The Morgan fingerprint density at radius 1 is 0.938 bits per heavy atom. The zero-order valence-corrected chi connectivity index (χ0v) is 18.1. The van der Waals surface area contributed by atoms with Gasteiger partial charge in [0.2, 0.25) is 5.91 Å². The Balaban J connectivity index is 1.54. The molecule has 0 unspecified atom stereocenters. The number of nitrogens with zero attached hydrogens (tertiary/aromatic N) is 4. The molecule has 8 heteroatoms. The molecule has 3 aromatic carbocycles. The molecule has 0 fully saturated rings. The molecule has 0 N–H and O–H groups in total. The van der Waals surface area contributed by atoms with Crippen LogP contribution in [0, 0.1) is 11.6 Å². The van der Waals surface area contributed by atoms with Crippen LogP contribution in [0.15, 0.2) is 84.0 Å².